The van der Waals surface area contributed by atoms with Crippen molar-refractivity contribution in [3.05, 3.63) is 0 Å². The first kappa shape index (κ1) is 13.5. The van der Waals surface area contributed by atoms with E-state index in [1.54, 1.807) is 0 Å². The molecule has 0 aromatic rings. The molecule has 0 aromatic heterocycles. The Hall–Kier alpha value is -0.530. The van der Waals surface area contributed by atoms with Crippen LogP contribution in [0.15, 0.2) is 0 Å². The SMILES string of the molecule is CCC(C)(C)C(=O)OC1(C)CCCCC1C. The fraction of sp³-hybridized carbons (Fsp3) is 0.929. The molecule has 0 aliphatic heterocycles. The fourth-order valence-corrected chi connectivity index (χ4v) is 2.12. The van der Waals surface area contributed by atoms with Gasteiger partial charge in [0.05, 0.1) is 5.41 Å². The Morgan fingerprint density at radius 3 is 2.56 bits per heavy atom. The highest BCUT2D eigenvalue weighted by Gasteiger charge is 2.40. The Balaban J connectivity index is 2.68. The molecule has 2 atom stereocenters. The molecular formula is C14H26O2. The first-order chi connectivity index (χ1) is 7.32. The molecule has 2 heteroatoms. The van der Waals surface area contributed by atoms with Gasteiger partial charge < -0.3 is 4.74 Å². The summed E-state index contributed by atoms with van der Waals surface area (Å²) in [5.74, 6) is 0.448. The number of ether oxygens (including phenoxy) is 1. The molecular weight excluding hydrogens is 200 g/mol. The van der Waals surface area contributed by atoms with Crippen molar-refractivity contribution in [1.82, 2.24) is 0 Å². The summed E-state index contributed by atoms with van der Waals surface area (Å²) in [5, 5.41) is 0. The number of hydrogen-bond donors (Lipinski definition) is 0. The first-order valence-electron chi connectivity index (χ1n) is 6.55. The molecule has 1 fully saturated rings. The van der Waals surface area contributed by atoms with Gasteiger partial charge in [-0.3, -0.25) is 4.79 Å². The van der Waals surface area contributed by atoms with Crippen molar-refractivity contribution < 1.29 is 9.53 Å². The van der Waals surface area contributed by atoms with Crippen LogP contribution < -0.4 is 0 Å². The average Bonchev–Trinajstić information content (AvgIpc) is 2.22. The Morgan fingerprint density at radius 1 is 1.44 bits per heavy atom. The number of carbonyl (C=O) groups is 1. The van der Waals surface area contributed by atoms with Gasteiger partial charge in [0.1, 0.15) is 5.60 Å². The number of carbonyl (C=O) groups excluding carboxylic acids is 1. The largest absolute Gasteiger partial charge is 0.459 e. The lowest BCUT2D eigenvalue weighted by atomic mass is 9.77. The lowest BCUT2D eigenvalue weighted by Crippen LogP contribution is -2.43. The summed E-state index contributed by atoms with van der Waals surface area (Å²) in [6, 6.07) is 0. The Bertz CT molecular complexity index is 257. The zero-order valence-corrected chi connectivity index (χ0v) is 11.4. The monoisotopic (exact) mass is 226 g/mol. The summed E-state index contributed by atoms with van der Waals surface area (Å²) in [7, 11) is 0. The van der Waals surface area contributed by atoms with Crippen LogP contribution in [0.3, 0.4) is 0 Å². The third-order valence-electron chi connectivity index (χ3n) is 4.37. The molecule has 0 bridgehead atoms. The molecule has 94 valence electrons. The van der Waals surface area contributed by atoms with Crippen LogP contribution in [-0.4, -0.2) is 11.6 Å². The molecule has 1 saturated carbocycles. The van der Waals surface area contributed by atoms with E-state index in [0.717, 1.165) is 12.8 Å². The molecule has 1 rings (SSSR count). The van der Waals surface area contributed by atoms with Crippen LogP contribution >= 0.6 is 0 Å². The van der Waals surface area contributed by atoms with E-state index in [2.05, 4.69) is 13.8 Å². The van der Waals surface area contributed by atoms with Gasteiger partial charge in [-0.05, 0) is 52.4 Å². The second-order valence-corrected chi connectivity index (χ2v) is 6.09. The maximum atomic E-state index is 12.1. The Morgan fingerprint density at radius 2 is 2.06 bits per heavy atom. The van der Waals surface area contributed by atoms with Gasteiger partial charge in [-0.2, -0.15) is 0 Å². The van der Waals surface area contributed by atoms with Crippen molar-refractivity contribution in [2.24, 2.45) is 11.3 Å². The summed E-state index contributed by atoms with van der Waals surface area (Å²) in [6.07, 6.45) is 5.47. The quantitative estimate of drug-likeness (QED) is 0.681. The van der Waals surface area contributed by atoms with Gasteiger partial charge in [0.2, 0.25) is 0 Å². The Kier molecular flexibility index (Phi) is 4.03. The second-order valence-electron chi connectivity index (χ2n) is 6.09. The Labute approximate surface area is 99.8 Å². The third kappa shape index (κ3) is 2.78. The molecule has 2 nitrogen and oxygen atoms in total. The molecule has 0 radical (unpaired) electrons. The highest BCUT2D eigenvalue weighted by atomic mass is 16.6. The van der Waals surface area contributed by atoms with Crippen molar-refractivity contribution in [3.8, 4) is 0 Å². The highest BCUT2D eigenvalue weighted by Crippen LogP contribution is 2.38. The topological polar surface area (TPSA) is 26.3 Å². The summed E-state index contributed by atoms with van der Waals surface area (Å²) in [5.41, 5.74) is -0.581. The van der Waals surface area contributed by atoms with Gasteiger partial charge in [0, 0.05) is 0 Å². The predicted molar refractivity (Wildman–Crippen MR) is 66.2 cm³/mol. The molecule has 0 aromatic carbocycles. The molecule has 0 N–H and O–H groups in total. The standard InChI is InChI=1S/C14H26O2/c1-6-13(3,4)12(15)16-14(5)10-8-7-9-11(14)2/h11H,6-10H2,1-5H3. The van der Waals surface area contributed by atoms with Gasteiger partial charge >= 0.3 is 5.97 Å². The maximum Gasteiger partial charge on any atom is 0.312 e. The van der Waals surface area contributed by atoms with Crippen LogP contribution in [0.1, 0.15) is 66.7 Å². The van der Waals surface area contributed by atoms with Crippen LogP contribution in [0.2, 0.25) is 0 Å². The van der Waals surface area contributed by atoms with Gasteiger partial charge in [-0.25, -0.2) is 0 Å². The lowest BCUT2D eigenvalue weighted by Gasteiger charge is -2.40. The van der Waals surface area contributed by atoms with Crippen LogP contribution in [0.5, 0.6) is 0 Å². The molecule has 1 aliphatic carbocycles. The number of hydrogen-bond acceptors (Lipinski definition) is 2. The van der Waals surface area contributed by atoms with Gasteiger partial charge in [-0.1, -0.05) is 20.3 Å². The summed E-state index contributed by atoms with van der Waals surface area (Å²) < 4.78 is 5.81. The van der Waals surface area contributed by atoms with Crippen LogP contribution in [0, 0.1) is 11.3 Å². The van der Waals surface area contributed by atoms with E-state index in [0.29, 0.717) is 5.92 Å². The van der Waals surface area contributed by atoms with E-state index in [1.807, 2.05) is 20.8 Å². The molecule has 16 heavy (non-hydrogen) atoms. The molecule has 2 unspecified atom stereocenters. The smallest absolute Gasteiger partial charge is 0.312 e. The first-order valence-corrected chi connectivity index (χ1v) is 6.55. The summed E-state index contributed by atoms with van der Waals surface area (Å²) in [4.78, 5) is 12.1. The highest BCUT2D eigenvalue weighted by molar-refractivity contribution is 5.76. The number of esters is 1. The van der Waals surface area contributed by atoms with Crippen LogP contribution in [0.4, 0.5) is 0 Å². The van der Waals surface area contributed by atoms with Crippen molar-refractivity contribution in [3.63, 3.8) is 0 Å². The zero-order valence-electron chi connectivity index (χ0n) is 11.4. The molecule has 0 saturated heterocycles. The summed E-state index contributed by atoms with van der Waals surface area (Å²) >= 11 is 0. The van der Waals surface area contributed by atoms with Crippen molar-refractivity contribution in [2.75, 3.05) is 0 Å². The van der Waals surface area contributed by atoms with Gasteiger partial charge in [0.25, 0.3) is 0 Å². The summed E-state index contributed by atoms with van der Waals surface area (Å²) in [6.45, 7) is 10.3. The van der Waals surface area contributed by atoms with Gasteiger partial charge in [0.15, 0.2) is 0 Å². The maximum absolute atomic E-state index is 12.1. The minimum Gasteiger partial charge on any atom is -0.459 e. The van der Waals surface area contributed by atoms with Crippen molar-refractivity contribution >= 4 is 5.97 Å². The second kappa shape index (κ2) is 4.77. The third-order valence-corrected chi connectivity index (χ3v) is 4.37. The van der Waals surface area contributed by atoms with Crippen LogP contribution in [0.25, 0.3) is 0 Å². The van der Waals surface area contributed by atoms with Crippen molar-refractivity contribution in [1.29, 1.82) is 0 Å². The van der Waals surface area contributed by atoms with E-state index in [1.165, 1.54) is 19.3 Å². The fourth-order valence-electron chi connectivity index (χ4n) is 2.12. The minimum absolute atomic E-state index is 0.0359. The minimum atomic E-state index is -0.347. The lowest BCUT2D eigenvalue weighted by molar-refractivity contribution is -0.177. The number of rotatable bonds is 3. The van der Waals surface area contributed by atoms with E-state index in [-0.39, 0.29) is 17.0 Å². The van der Waals surface area contributed by atoms with Crippen molar-refractivity contribution in [2.45, 2.75) is 72.3 Å². The zero-order chi connectivity index (χ0) is 12.4. The molecule has 0 spiro atoms. The molecule has 0 heterocycles. The van der Waals surface area contributed by atoms with Crippen LogP contribution in [-0.2, 0) is 9.53 Å². The van der Waals surface area contributed by atoms with E-state index in [4.69, 9.17) is 4.74 Å². The van der Waals surface area contributed by atoms with E-state index in [9.17, 15) is 4.79 Å². The average molecular weight is 226 g/mol. The van der Waals surface area contributed by atoms with E-state index >= 15 is 0 Å². The van der Waals surface area contributed by atoms with E-state index < -0.39 is 0 Å². The predicted octanol–water partition coefficient (Wildman–Crippen LogP) is 3.93. The normalized spacial score (nSPS) is 31.2. The van der Waals surface area contributed by atoms with Gasteiger partial charge in [-0.15, -0.1) is 0 Å². The molecule has 0 amide bonds. The molecule has 1 aliphatic rings.